The van der Waals surface area contributed by atoms with Crippen LogP contribution in [0.2, 0.25) is 5.02 Å². The molecule has 2 aromatic carbocycles. The first-order valence-electron chi connectivity index (χ1n) is 5.86. The summed E-state index contributed by atoms with van der Waals surface area (Å²) in [5.41, 5.74) is 1.65. The number of hydrogen-bond acceptors (Lipinski definition) is 1. The van der Waals surface area contributed by atoms with Crippen LogP contribution in [-0.2, 0) is 6.54 Å². The highest BCUT2D eigenvalue weighted by molar-refractivity contribution is 6.31. The fourth-order valence-corrected chi connectivity index (χ4v) is 2.54. The summed E-state index contributed by atoms with van der Waals surface area (Å²) < 4.78 is 1.96. The van der Waals surface area contributed by atoms with E-state index in [4.69, 9.17) is 18.0 Å². The van der Waals surface area contributed by atoms with Crippen molar-refractivity contribution in [2.24, 2.45) is 0 Å². The largest absolute Gasteiger partial charge is 0.328 e. The number of aromatic nitrogens is 1. The van der Waals surface area contributed by atoms with E-state index in [0.29, 0.717) is 22.3 Å². The number of nitrogens with zero attached hydrogens (tertiary/aromatic N) is 1. The van der Waals surface area contributed by atoms with Gasteiger partial charge in [-0.25, -0.2) is 0 Å². The van der Waals surface area contributed by atoms with Crippen molar-refractivity contribution in [3.63, 3.8) is 0 Å². The summed E-state index contributed by atoms with van der Waals surface area (Å²) in [4.78, 5) is 12.5. The van der Waals surface area contributed by atoms with Crippen molar-refractivity contribution in [2.75, 3.05) is 0 Å². The van der Waals surface area contributed by atoms with Crippen LogP contribution in [0.4, 0.5) is 0 Å². The highest BCUT2D eigenvalue weighted by Gasteiger charge is 2.09. The van der Waals surface area contributed by atoms with Crippen molar-refractivity contribution in [1.29, 1.82) is 0 Å². The number of benzene rings is 2. The summed E-state index contributed by atoms with van der Waals surface area (Å²) >= 11 is 5.98. The van der Waals surface area contributed by atoms with Gasteiger partial charge in [-0.05, 0) is 30.3 Å². The van der Waals surface area contributed by atoms with Gasteiger partial charge < -0.3 is 4.57 Å². The van der Waals surface area contributed by atoms with Crippen LogP contribution < -0.4 is 5.43 Å². The lowest BCUT2D eigenvalue weighted by Crippen LogP contribution is -2.11. The zero-order valence-electron chi connectivity index (χ0n) is 10.1. The van der Waals surface area contributed by atoms with Crippen molar-refractivity contribution in [3.8, 4) is 12.3 Å². The van der Waals surface area contributed by atoms with E-state index < -0.39 is 0 Å². The number of rotatable bonds is 1. The van der Waals surface area contributed by atoms with Crippen LogP contribution in [0.3, 0.4) is 0 Å². The fourth-order valence-electron chi connectivity index (χ4n) is 2.36. The molecule has 0 unspecified atom stereocenters. The summed E-state index contributed by atoms with van der Waals surface area (Å²) in [6.07, 6.45) is 5.44. The van der Waals surface area contributed by atoms with Gasteiger partial charge in [-0.1, -0.05) is 29.7 Å². The third kappa shape index (κ3) is 1.80. The Kier molecular flexibility index (Phi) is 2.77. The lowest BCUT2D eigenvalue weighted by Gasteiger charge is -2.12. The minimum absolute atomic E-state index is 0.0126. The minimum atomic E-state index is -0.0126. The Morgan fingerprint density at radius 1 is 1.11 bits per heavy atom. The van der Waals surface area contributed by atoms with Gasteiger partial charge in [0.1, 0.15) is 0 Å². The number of hydrogen-bond donors (Lipinski definition) is 0. The highest BCUT2D eigenvalue weighted by atomic mass is 35.5. The maximum Gasteiger partial charge on any atom is 0.197 e. The number of halogens is 1. The van der Waals surface area contributed by atoms with E-state index in [1.807, 2.05) is 34.9 Å². The van der Waals surface area contributed by atoms with Crippen LogP contribution in [0.5, 0.6) is 0 Å². The quantitative estimate of drug-likeness (QED) is 0.489. The minimum Gasteiger partial charge on any atom is -0.328 e. The summed E-state index contributed by atoms with van der Waals surface area (Å²) in [6, 6.07) is 12.8. The van der Waals surface area contributed by atoms with Crippen LogP contribution in [0.15, 0.2) is 47.3 Å². The SMILES string of the molecule is C#CCn1c2ccccc2c(=O)c2cc(Cl)ccc21. The molecule has 0 fully saturated rings. The number of para-hydroxylation sites is 1. The van der Waals surface area contributed by atoms with Gasteiger partial charge in [0.25, 0.3) is 0 Å². The first-order chi connectivity index (χ1) is 9.22. The Morgan fingerprint density at radius 3 is 2.63 bits per heavy atom. The van der Waals surface area contributed by atoms with Gasteiger partial charge in [0.2, 0.25) is 0 Å². The third-order valence-electron chi connectivity index (χ3n) is 3.18. The Morgan fingerprint density at radius 2 is 1.84 bits per heavy atom. The molecule has 0 saturated carbocycles. The van der Waals surface area contributed by atoms with Crippen LogP contribution in [0.1, 0.15) is 0 Å². The molecule has 0 N–H and O–H groups in total. The highest BCUT2D eigenvalue weighted by Crippen LogP contribution is 2.21. The predicted octanol–water partition coefficient (Wildman–Crippen LogP) is 3.44. The molecule has 0 aliphatic rings. The van der Waals surface area contributed by atoms with E-state index in [1.165, 1.54) is 0 Å². The standard InChI is InChI=1S/C16H10ClNO/c1-2-9-18-14-6-4-3-5-12(14)16(19)13-10-11(17)7-8-15(13)18/h1,3-8,10H,9H2. The number of pyridine rings is 1. The maximum absolute atomic E-state index is 12.5. The number of fused-ring (bicyclic) bond motifs is 2. The van der Waals surface area contributed by atoms with Crippen molar-refractivity contribution < 1.29 is 0 Å². The van der Waals surface area contributed by atoms with E-state index in [-0.39, 0.29) is 5.43 Å². The summed E-state index contributed by atoms with van der Waals surface area (Å²) in [6.45, 7) is 0.416. The summed E-state index contributed by atoms with van der Waals surface area (Å²) in [5.74, 6) is 2.63. The van der Waals surface area contributed by atoms with Gasteiger partial charge >= 0.3 is 0 Å². The lowest BCUT2D eigenvalue weighted by atomic mass is 10.1. The van der Waals surface area contributed by atoms with Crippen molar-refractivity contribution in [1.82, 2.24) is 4.57 Å². The molecule has 1 aromatic heterocycles. The smallest absolute Gasteiger partial charge is 0.197 e. The monoisotopic (exact) mass is 267 g/mol. The summed E-state index contributed by atoms with van der Waals surface area (Å²) in [7, 11) is 0. The molecule has 0 aliphatic carbocycles. The Labute approximate surface area is 115 Å². The molecule has 0 aliphatic heterocycles. The van der Waals surface area contributed by atoms with Crippen LogP contribution in [0.25, 0.3) is 21.8 Å². The van der Waals surface area contributed by atoms with Crippen LogP contribution in [0, 0.1) is 12.3 Å². The first-order valence-corrected chi connectivity index (χ1v) is 6.24. The lowest BCUT2D eigenvalue weighted by molar-refractivity contribution is 0.915. The maximum atomic E-state index is 12.5. The second-order valence-electron chi connectivity index (χ2n) is 4.30. The van der Waals surface area contributed by atoms with Crippen molar-refractivity contribution in [3.05, 3.63) is 57.7 Å². The van der Waals surface area contributed by atoms with E-state index in [2.05, 4.69) is 5.92 Å². The molecular weight excluding hydrogens is 258 g/mol. The zero-order valence-corrected chi connectivity index (χ0v) is 10.8. The van der Waals surface area contributed by atoms with Gasteiger partial charge in [0.05, 0.1) is 17.6 Å². The van der Waals surface area contributed by atoms with E-state index in [9.17, 15) is 4.79 Å². The first kappa shape index (κ1) is 11.8. The second kappa shape index (κ2) is 4.46. The molecule has 2 nitrogen and oxygen atoms in total. The molecule has 3 aromatic rings. The van der Waals surface area contributed by atoms with Gasteiger partial charge in [-0.3, -0.25) is 4.79 Å². The van der Waals surface area contributed by atoms with Gasteiger partial charge in [0.15, 0.2) is 5.43 Å². The molecule has 3 heteroatoms. The van der Waals surface area contributed by atoms with E-state index >= 15 is 0 Å². The molecule has 3 rings (SSSR count). The van der Waals surface area contributed by atoms with Gasteiger partial charge in [-0.15, -0.1) is 6.42 Å². The molecule has 92 valence electrons. The molecule has 0 radical (unpaired) electrons. The van der Waals surface area contributed by atoms with Crippen molar-refractivity contribution >= 4 is 33.4 Å². The molecule has 0 atom stereocenters. The topological polar surface area (TPSA) is 22.0 Å². The van der Waals surface area contributed by atoms with Crippen molar-refractivity contribution in [2.45, 2.75) is 6.54 Å². The zero-order chi connectivity index (χ0) is 13.4. The van der Waals surface area contributed by atoms with E-state index in [0.717, 1.165) is 11.0 Å². The van der Waals surface area contributed by atoms with E-state index in [1.54, 1.807) is 12.1 Å². The predicted molar refractivity (Wildman–Crippen MR) is 79.6 cm³/mol. The Balaban J connectivity index is 2.62. The number of terminal acetylenes is 1. The summed E-state index contributed by atoms with van der Waals surface area (Å²) in [5, 5.41) is 1.81. The normalized spacial score (nSPS) is 10.7. The molecule has 0 bridgehead atoms. The Hall–Kier alpha value is -2.24. The molecule has 0 spiro atoms. The molecule has 19 heavy (non-hydrogen) atoms. The van der Waals surface area contributed by atoms with Crippen LogP contribution in [-0.4, -0.2) is 4.57 Å². The molecular formula is C16H10ClNO. The molecule has 1 heterocycles. The molecule has 0 saturated heterocycles. The molecule has 0 amide bonds. The fraction of sp³-hybridized carbons (Fsp3) is 0.0625. The average molecular weight is 268 g/mol. The van der Waals surface area contributed by atoms with Gasteiger partial charge in [-0.2, -0.15) is 0 Å². The van der Waals surface area contributed by atoms with Crippen LogP contribution >= 0.6 is 11.6 Å². The average Bonchev–Trinajstić information content (AvgIpc) is 2.44. The second-order valence-corrected chi connectivity index (χ2v) is 4.73. The van der Waals surface area contributed by atoms with Gasteiger partial charge in [0, 0.05) is 15.8 Å². The third-order valence-corrected chi connectivity index (χ3v) is 3.42. The Bertz CT molecular complexity index is 887.